The standard InChI is InChI=1S/C9H9ClFNO6S/c1-17-2-3-18-9-7(11)4-6(12(13)14)5-8(9)19(10,15)16/h4-5H,2-3H2,1H3. The fraction of sp³-hybridized carbons (Fsp3) is 0.333. The molecule has 106 valence electrons. The lowest BCUT2D eigenvalue weighted by Crippen LogP contribution is -2.09. The normalized spacial score (nSPS) is 11.3. The van der Waals surface area contributed by atoms with Crippen molar-refractivity contribution in [2.24, 2.45) is 0 Å². The molecule has 0 radical (unpaired) electrons. The molecule has 0 aliphatic carbocycles. The van der Waals surface area contributed by atoms with Crippen molar-refractivity contribution in [1.82, 2.24) is 0 Å². The van der Waals surface area contributed by atoms with Gasteiger partial charge in [-0.15, -0.1) is 0 Å². The van der Waals surface area contributed by atoms with Crippen LogP contribution in [0, 0.1) is 15.9 Å². The molecule has 0 fully saturated rings. The number of benzene rings is 1. The number of hydrogen-bond donors (Lipinski definition) is 0. The van der Waals surface area contributed by atoms with Crippen molar-refractivity contribution in [3.63, 3.8) is 0 Å². The topological polar surface area (TPSA) is 95.7 Å². The fourth-order valence-corrected chi connectivity index (χ4v) is 2.19. The Morgan fingerprint density at radius 1 is 1.42 bits per heavy atom. The highest BCUT2D eigenvalue weighted by atomic mass is 35.7. The van der Waals surface area contributed by atoms with Crippen LogP contribution < -0.4 is 4.74 Å². The Hall–Kier alpha value is -1.45. The summed E-state index contributed by atoms with van der Waals surface area (Å²) in [6, 6.07) is 1.18. The summed E-state index contributed by atoms with van der Waals surface area (Å²) in [6.07, 6.45) is 0. The zero-order chi connectivity index (χ0) is 14.6. The van der Waals surface area contributed by atoms with Crippen LogP contribution in [-0.4, -0.2) is 33.7 Å². The molecule has 0 unspecified atom stereocenters. The molecule has 0 saturated heterocycles. The Labute approximate surface area is 112 Å². The van der Waals surface area contributed by atoms with Crippen molar-refractivity contribution in [2.75, 3.05) is 20.3 Å². The third-order valence-corrected chi connectivity index (χ3v) is 3.33. The molecule has 0 aromatic heterocycles. The van der Waals surface area contributed by atoms with Gasteiger partial charge < -0.3 is 9.47 Å². The van der Waals surface area contributed by atoms with Gasteiger partial charge >= 0.3 is 0 Å². The lowest BCUT2D eigenvalue weighted by atomic mass is 10.3. The monoisotopic (exact) mass is 313 g/mol. The minimum absolute atomic E-state index is 0.0815. The van der Waals surface area contributed by atoms with Crippen LogP contribution in [-0.2, 0) is 13.8 Å². The zero-order valence-corrected chi connectivity index (χ0v) is 11.2. The Morgan fingerprint density at radius 3 is 2.53 bits per heavy atom. The van der Waals surface area contributed by atoms with E-state index in [0.29, 0.717) is 12.1 Å². The Kier molecular flexibility index (Phi) is 5.04. The van der Waals surface area contributed by atoms with Gasteiger partial charge in [-0.2, -0.15) is 0 Å². The van der Waals surface area contributed by atoms with Crippen LogP contribution in [0.3, 0.4) is 0 Å². The first-order valence-electron chi connectivity index (χ1n) is 4.81. The molecule has 0 saturated carbocycles. The summed E-state index contributed by atoms with van der Waals surface area (Å²) >= 11 is 0. The van der Waals surface area contributed by atoms with Crippen molar-refractivity contribution in [2.45, 2.75) is 4.90 Å². The molecule has 0 spiro atoms. The smallest absolute Gasteiger partial charge is 0.273 e. The lowest BCUT2D eigenvalue weighted by Gasteiger charge is -2.10. The molecule has 1 aromatic rings. The number of ether oxygens (including phenoxy) is 2. The molecule has 0 N–H and O–H groups in total. The van der Waals surface area contributed by atoms with Crippen LogP contribution in [0.1, 0.15) is 0 Å². The average Bonchev–Trinajstić information content (AvgIpc) is 2.29. The molecule has 0 heterocycles. The predicted molar refractivity (Wildman–Crippen MR) is 63.5 cm³/mol. The lowest BCUT2D eigenvalue weighted by molar-refractivity contribution is -0.385. The van der Waals surface area contributed by atoms with E-state index >= 15 is 0 Å². The first kappa shape index (κ1) is 15.6. The van der Waals surface area contributed by atoms with Crippen LogP contribution in [0.25, 0.3) is 0 Å². The van der Waals surface area contributed by atoms with Crippen molar-refractivity contribution in [3.8, 4) is 5.75 Å². The minimum atomic E-state index is -4.39. The van der Waals surface area contributed by atoms with Gasteiger partial charge in [-0.3, -0.25) is 10.1 Å². The second-order valence-corrected chi connectivity index (χ2v) is 5.83. The fourth-order valence-electron chi connectivity index (χ4n) is 1.21. The Balaban J connectivity index is 3.32. The maximum atomic E-state index is 13.6. The van der Waals surface area contributed by atoms with Crippen LogP contribution in [0.4, 0.5) is 10.1 Å². The summed E-state index contributed by atoms with van der Waals surface area (Å²) in [5.74, 6) is -1.86. The number of rotatable bonds is 6. The average molecular weight is 314 g/mol. The second-order valence-electron chi connectivity index (χ2n) is 3.29. The second kappa shape index (κ2) is 6.13. The van der Waals surface area contributed by atoms with E-state index in [0.717, 1.165) is 0 Å². The molecule has 7 nitrogen and oxygen atoms in total. The number of halogens is 2. The highest BCUT2D eigenvalue weighted by Gasteiger charge is 2.25. The molecule has 0 amide bonds. The van der Waals surface area contributed by atoms with E-state index in [4.69, 9.17) is 15.4 Å². The SMILES string of the molecule is COCCOc1c(F)cc([N+](=O)[O-])cc1S(=O)(=O)Cl. The first-order chi connectivity index (χ1) is 8.77. The van der Waals surface area contributed by atoms with E-state index in [2.05, 4.69) is 4.74 Å². The third-order valence-electron chi connectivity index (χ3n) is 2.00. The summed E-state index contributed by atoms with van der Waals surface area (Å²) in [5.41, 5.74) is -0.740. The maximum Gasteiger partial charge on any atom is 0.273 e. The summed E-state index contributed by atoms with van der Waals surface area (Å²) in [6.45, 7) is -0.0527. The van der Waals surface area contributed by atoms with Gasteiger partial charge in [0, 0.05) is 23.9 Å². The maximum absolute atomic E-state index is 13.6. The van der Waals surface area contributed by atoms with E-state index in [1.807, 2.05) is 0 Å². The highest BCUT2D eigenvalue weighted by Crippen LogP contribution is 2.33. The number of nitro benzene ring substituents is 1. The van der Waals surface area contributed by atoms with E-state index in [9.17, 15) is 22.9 Å². The molecule has 0 aliphatic heterocycles. The van der Waals surface area contributed by atoms with Crippen molar-refractivity contribution in [1.29, 1.82) is 0 Å². The van der Waals surface area contributed by atoms with Crippen molar-refractivity contribution >= 4 is 25.4 Å². The minimum Gasteiger partial charge on any atom is -0.487 e. The largest absolute Gasteiger partial charge is 0.487 e. The number of hydrogen-bond acceptors (Lipinski definition) is 6. The number of non-ortho nitro benzene ring substituents is 1. The van der Waals surface area contributed by atoms with Crippen LogP contribution >= 0.6 is 10.7 Å². The van der Waals surface area contributed by atoms with Gasteiger partial charge in [0.15, 0.2) is 11.6 Å². The number of nitro groups is 1. The number of methoxy groups -OCH3 is 1. The van der Waals surface area contributed by atoms with Crippen molar-refractivity contribution < 1.29 is 27.2 Å². The van der Waals surface area contributed by atoms with Gasteiger partial charge in [0.2, 0.25) is 0 Å². The van der Waals surface area contributed by atoms with Gasteiger partial charge in [-0.05, 0) is 0 Å². The highest BCUT2D eigenvalue weighted by molar-refractivity contribution is 8.13. The molecule has 0 atom stereocenters. The van der Waals surface area contributed by atoms with E-state index < -0.39 is 36.1 Å². The Bertz CT molecular complexity index is 591. The molecular weight excluding hydrogens is 305 g/mol. The summed E-state index contributed by atoms with van der Waals surface area (Å²) in [4.78, 5) is 8.81. The third kappa shape index (κ3) is 4.01. The van der Waals surface area contributed by atoms with Crippen LogP contribution in [0.2, 0.25) is 0 Å². The predicted octanol–water partition coefficient (Wildman–Crippen LogP) is 1.69. The van der Waals surface area contributed by atoms with Gasteiger partial charge in [0.05, 0.1) is 17.6 Å². The van der Waals surface area contributed by atoms with Crippen molar-refractivity contribution in [3.05, 3.63) is 28.1 Å². The van der Waals surface area contributed by atoms with Gasteiger partial charge in [0.25, 0.3) is 14.7 Å². The molecular formula is C9H9ClFNO6S. The van der Waals surface area contributed by atoms with Crippen LogP contribution in [0.15, 0.2) is 17.0 Å². The summed E-state index contributed by atoms with van der Waals surface area (Å²) < 4.78 is 45.7. The molecule has 10 heteroatoms. The van der Waals surface area contributed by atoms with Gasteiger partial charge in [0.1, 0.15) is 11.5 Å². The van der Waals surface area contributed by atoms with E-state index in [-0.39, 0.29) is 13.2 Å². The molecule has 1 aromatic carbocycles. The quantitative estimate of drug-likeness (QED) is 0.343. The Morgan fingerprint density at radius 2 is 2.05 bits per heavy atom. The first-order valence-corrected chi connectivity index (χ1v) is 7.12. The molecule has 0 aliphatic rings. The summed E-state index contributed by atoms with van der Waals surface area (Å²) in [7, 11) is 2.08. The zero-order valence-electron chi connectivity index (χ0n) is 9.63. The molecule has 1 rings (SSSR count). The number of nitrogens with zero attached hydrogens (tertiary/aromatic N) is 1. The summed E-state index contributed by atoms with van der Waals surface area (Å²) in [5, 5.41) is 10.5. The van der Waals surface area contributed by atoms with E-state index in [1.54, 1.807) is 0 Å². The van der Waals surface area contributed by atoms with E-state index in [1.165, 1.54) is 7.11 Å². The molecule has 0 bridgehead atoms. The van der Waals surface area contributed by atoms with Gasteiger partial charge in [-0.25, -0.2) is 12.8 Å². The molecule has 19 heavy (non-hydrogen) atoms. The van der Waals surface area contributed by atoms with Gasteiger partial charge in [-0.1, -0.05) is 0 Å². The van der Waals surface area contributed by atoms with Crippen LogP contribution in [0.5, 0.6) is 5.75 Å².